The number of fused-ring (bicyclic) bond motifs is 5. The van der Waals surface area contributed by atoms with Crippen molar-refractivity contribution in [2.45, 2.75) is 6.92 Å². The summed E-state index contributed by atoms with van der Waals surface area (Å²) >= 11 is 6.22. The van der Waals surface area contributed by atoms with Crippen LogP contribution in [0.15, 0.2) is 65.7 Å². The summed E-state index contributed by atoms with van der Waals surface area (Å²) in [5, 5.41) is 1.16. The highest BCUT2D eigenvalue weighted by Gasteiger charge is 2.13. The smallest absolute Gasteiger partial charge is 0.266 e. The molecule has 126 valence electrons. The number of hydrogen-bond acceptors (Lipinski definition) is 3. The molecule has 0 spiro atoms. The fraction of sp³-hybridized carbons (Fsp3) is 0.0500. The van der Waals surface area contributed by atoms with Gasteiger partial charge in [0.25, 0.3) is 5.56 Å². The summed E-state index contributed by atoms with van der Waals surface area (Å²) in [6, 6.07) is 15.3. The van der Waals surface area contributed by atoms with Gasteiger partial charge in [-0.05, 0) is 42.8 Å². The lowest BCUT2D eigenvalue weighted by atomic mass is 10.2. The van der Waals surface area contributed by atoms with Gasteiger partial charge in [-0.2, -0.15) is 0 Å². The molecule has 0 saturated carbocycles. The van der Waals surface area contributed by atoms with E-state index in [1.54, 1.807) is 17.0 Å². The summed E-state index contributed by atoms with van der Waals surface area (Å²) in [7, 11) is 0. The zero-order valence-electron chi connectivity index (χ0n) is 13.8. The molecule has 0 fully saturated rings. The van der Waals surface area contributed by atoms with Crippen LogP contribution in [0.3, 0.4) is 0 Å². The maximum Gasteiger partial charge on any atom is 0.266 e. The zero-order valence-corrected chi connectivity index (χ0v) is 14.6. The number of hydrogen-bond donors (Lipinski definition) is 0. The highest BCUT2D eigenvalue weighted by Crippen LogP contribution is 2.23. The molecule has 0 N–H and O–H groups in total. The third kappa shape index (κ3) is 2.01. The molecular formula is C20H13ClN4O. The predicted octanol–water partition coefficient (Wildman–Crippen LogP) is 4.15. The Balaban J connectivity index is 1.90. The molecule has 0 aliphatic carbocycles. The number of para-hydroxylation sites is 2. The fourth-order valence-electron chi connectivity index (χ4n) is 3.36. The van der Waals surface area contributed by atoms with Crippen LogP contribution in [0, 0.1) is 6.92 Å². The second-order valence-electron chi connectivity index (χ2n) is 6.17. The van der Waals surface area contributed by atoms with E-state index in [1.165, 1.54) is 0 Å². The van der Waals surface area contributed by atoms with Gasteiger partial charge in [0.2, 0.25) is 5.78 Å². The quantitative estimate of drug-likeness (QED) is 0.451. The molecular weight excluding hydrogens is 348 g/mol. The van der Waals surface area contributed by atoms with Crippen molar-refractivity contribution in [2.75, 3.05) is 0 Å². The molecule has 0 bridgehead atoms. The number of rotatable bonds is 1. The highest BCUT2D eigenvalue weighted by atomic mass is 35.5. The second kappa shape index (κ2) is 5.41. The van der Waals surface area contributed by atoms with E-state index in [4.69, 9.17) is 11.6 Å². The molecule has 26 heavy (non-hydrogen) atoms. The van der Waals surface area contributed by atoms with Gasteiger partial charge in [0.1, 0.15) is 0 Å². The van der Waals surface area contributed by atoms with E-state index >= 15 is 0 Å². The maximum absolute atomic E-state index is 13.1. The van der Waals surface area contributed by atoms with Crippen LogP contribution in [-0.4, -0.2) is 18.9 Å². The lowest BCUT2D eigenvalue weighted by molar-refractivity contribution is 0.987. The summed E-state index contributed by atoms with van der Waals surface area (Å²) in [6.45, 7) is 1.90. The molecule has 6 heteroatoms. The van der Waals surface area contributed by atoms with E-state index in [9.17, 15) is 4.79 Å². The first-order chi connectivity index (χ1) is 12.6. The van der Waals surface area contributed by atoms with Gasteiger partial charge in [-0.1, -0.05) is 29.8 Å². The second-order valence-corrected chi connectivity index (χ2v) is 6.58. The van der Waals surface area contributed by atoms with Gasteiger partial charge < -0.3 is 0 Å². The Morgan fingerprint density at radius 2 is 1.85 bits per heavy atom. The third-order valence-corrected chi connectivity index (χ3v) is 5.11. The minimum Gasteiger partial charge on any atom is -0.283 e. The molecule has 3 heterocycles. The number of benzene rings is 2. The minimum absolute atomic E-state index is 0.139. The van der Waals surface area contributed by atoms with Crippen LogP contribution in [0.25, 0.3) is 33.4 Å². The Bertz CT molecular complexity index is 1380. The minimum atomic E-state index is -0.139. The molecule has 5 nitrogen and oxygen atoms in total. The van der Waals surface area contributed by atoms with E-state index in [0.29, 0.717) is 16.2 Å². The number of aromatic nitrogens is 4. The molecule has 2 aromatic carbocycles. The zero-order chi connectivity index (χ0) is 17.8. The summed E-state index contributed by atoms with van der Waals surface area (Å²) in [4.78, 5) is 22.1. The number of imidazole rings is 1. The lowest BCUT2D eigenvalue weighted by Gasteiger charge is -2.12. The molecule has 3 aromatic heterocycles. The van der Waals surface area contributed by atoms with E-state index < -0.39 is 0 Å². The van der Waals surface area contributed by atoms with Crippen molar-refractivity contribution in [3.8, 4) is 5.69 Å². The first-order valence-corrected chi connectivity index (χ1v) is 8.56. The first kappa shape index (κ1) is 15.1. The van der Waals surface area contributed by atoms with Gasteiger partial charge in [0, 0.05) is 17.4 Å². The first-order valence-electron chi connectivity index (χ1n) is 8.18. The van der Waals surface area contributed by atoms with Gasteiger partial charge in [-0.15, -0.1) is 0 Å². The van der Waals surface area contributed by atoms with Crippen LogP contribution in [0.1, 0.15) is 5.56 Å². The molecule has 0 unspecified atom stereocenters. The molecule has 0 atom stereocenters. The van der Waals surface area contributed by atoms with Gasteiger partial charge in [-0.3, -0.25) is 13.8 Å². The van der Waals surface area contributed by atoms with Crippen molar-refractivity contribution >= 4 is 39.3 Å². The fourth-order valence-corrected chi connectivity index (χ4v) is 3.53. The molecule has 0 aliphatic rings. The van der Waals surface area contributed by atoms with Gasteiger partial charge in [0.05, 0.1) is 27.6 Å². The maximum atomic E-state index is 13.1. The van der Waals surface area contributed by atoms with Crippen LogP contribution in [0.4, 0.5) is 0 Å². The van der Waals surface area contributed by atoms with E-state index in [0.717, 1.165) is 27.8 Å². The van der Waals surface area contributed by atoms with Crippen LogP contribution in [0.5, 0.6) is 0 Å². The Labute approximate surface area is 153 Å². The van der Waals surface area contributed by atoms with Crippen molar-refractivity contribution in [3.63, 3.8) is 0 Å². The molecule has 0 saturated heterocycles. The van der Waals surface area contributed by atoms with Crippen LogP contribution < -0.4 is 5.56 Å². The highest BCUT2D eigenvalue weighted by molar-refractivity contribution is 6.31. The monoisotopic (exact) mass is 360 g/mol. The number of nitrogens with zero attached hydrogens (tertiary/aromatic N) is 4. The van der Waals surface area contributed by atoms with Crippen molar-refractivity contribution in [1.82, 2.24) is 18.9 Å². The summed E-state index contributed by atoms with van der Waals surface area (Å²) in [5.41, 5.74) is 4.04. The van der Waals surface area contributed by atoms with E-state index in [-0.39, 0.29) is 5.56 Å². The summed E-state index contributed by atoms with van der Waals surface area (Å²) in [5.74, 6) is 0.579. The average Bonchev–Trinajstić information content (AvgIpc) is 3.04. The molecule has 0 amide bonds. The summed E-state index contributed by atoms with van der Waals surface area (Å²) < 4.78 is 3.53. The third-order valence-electron chi connectivity index (χ3n) is 4.70. The Hall–Kier alpha value is -3.18. The normalized spacial score (nSPS) is 11.6. The lowest BCUT2D eigenvalue weighted by Crippen LogP contribution is -2.19. The number of halogens is 1. The Morgan fingerprint density at radius 1 is 1.00 bits per heavy atom. The Kier molecular flexibility index (Phi) is 3.14. The largest absolute Gasteiger partial charge is 0.283 e. The van der Waals surface area contributed by atoms with E-state index in [2.05, 4.69) is 9.97 Å². The van der Waals surface area contributed by atoms with Crippen LogP contribution in [-0.2, 0) is 0 Å². The van der Waals surface area contributed by atoms with Gasteiger partial charge >= 0.3 is 0 Å². The van der Waals surface area contributed by atoms with Gasteiger partial charge in [0.15, 0.2) is 0 Å². The van der Waals surface area contributed by atoms with Crippen molar-refractivity contribution < 1.29 is 0 Å². The van der Waals surface area contributed by atoms with Crippen molar-refractivity contribution in [1.29, 1.82) is 0 Å². The number of pyridine rings is 1. The van der Waals surface area contributed by atoms with Crippen molar-refractivity contribution in [2.24, 2.45) is 0 Å². The standard InChI is InChI=1S/C20H13ClN4O/c1-12-14(21)5-4-8-16(12)24-10-9-17-13(19(24)26)11-22-20-23-15-6-2-3-7-18(15)25(17)20/h2-11H,1H3. The van der Waals surface area contributed by atoms with Crippen LogP contribution >= 0.6 is 11.6 Å². The molecule has 5 rings (SSSR count). The summed E-state index contributed by atoms with van der Waals surface area (Å²) in [6.07, 6.45) is 3.37. The molecule has 0 aliphatic heterocycles. The average molecular weight is 361 g/mol. The molecule has 0 radical (unpaired) electrons. The SMILES string of the molecule is Cc1c(Cl)cccc1-n1ccc2c(cnc3nc4ccccc4n32)c1=O. The predicted molar refractivity (Wildman–Crippen MR) is 103 cm³/mol. The van der Waals surface area contributed by atoms with Crippen LogP contribution in [0.2, 0.25) is 5.02 Å². The Morgan fingerprint density at radius 3 is 2.73 bits per heavy atom. The van der Waals surface area contributed by atoms with E-state index in [1.807, 2.05) is 59.9 Å². The topological polar surface area (TPSA) is 52.2 Å². The van der Waals surface area contributed by atoms with Gasteiger partial charge in [-0.25, -0.2) is 9.97 Å². The molecule has 5 aromatic rings. The van der Waals surface area contributed by atoms with Crippen molar-refractivity contribution in [3.05, 3.63) is 81.9 Å².